The molecule has 0 saturated carbocycles. The summed E-state index contributed by atoms with van der Waals surface area (Å²) in [6.45, 7) is 2.66. The maximum absolute atomic E-state index is 12.7. The van der Waals surface area contributed by atoms with Gasteiger partial charge >= 0.3 is 0 Å². The average Bonchev–Trinajstić information content (AvgIpc) is 2.53. The largest absolute Gasteiger partial charge is 0.491 e. The van der Waals surface area contributed by atoms with E-state index in [1.165, 1.54) is 17.7 Å². The highest BCUT2D eigenvalue weighted by molar-refractivity contribution is 5.44. The van der Waals surface area contributed by atoms with Crippen LogP contribution in [0.5, 0.6) is 5.75 Å². The van der Waals surface area contributed by atoms with Crippen molar-refractivity contribution in [3.8, 4) is 5.75 Å². The van der Waals surface area contributed by atoms with Gasteiger partial charge in [0.2, 0.25) is 0 Å². The maximum Gasteiger partial charge on any atom is 0.123 e. The zero-order chi connectivity index (χ0) is 15.1. The van der Waals surface area contributed by atoms with Gasteiger partial charge in [0, 0.05) is 12.2 Å². The Morgan fingerprint density at radius 3 is 2.38 bits per heavy atom. The van der Waals surface area contributed by atoms with Gasteiger partial charge < -0.3 is 15.2 Å². The van der Waals surface area contributed by atoms with Gasteiger partial charge in [-0.1, -0.05) is 19.1 Å². The molecule has 112 valence electrons. The molecule has 0 spiro atoms. The van der Waals surface area contributed by atoms with Crippen molar-refractivity contribution >= 4 is 5.69 Å². The van der Waals surface area contributed by atoms with Crippen LogP contribution < -0.4 is 10.1 Å². The molecule has 2 rings (SSSR count). The van der Waals surface area contributed by atoms with E-state index in [0.29, 0.717) is 12.3 Å². The van der Waals surface area contributed by atoms with Gasteiger partial charge in [-0.2, -0.15) is 0 Å². The van der Waals surface area contributed by atoms with Crippen molar-refractivity contribution in [2.24, 2.45) is 0 Å². The predicted molar refractivity (Wildman–Crippen MR) is 82.2 cm³/mol. The number of aliphatic hydroxyl groups is 1. The second-order valence-corrected chi connectivity index (χ2v) is 4.85. The molecule has 2 N–H and O–H groups in total. The van der Waals surface area contributed by atoms with Crippen molar-refractivity contribution in [3.63, 3.8) is 0 Å². The summed E-state index contributed by atoms with van der Waals surface area (Å²) in [7, 11) is 0. The van der Waals surface area contributed by atoms with Gasteiger partial charge in [0.05, 0.1) is 0 Å². The second-order valence-electron chi connectivity index (χ2n) is 4.85. The smallest absolute Gasteiger partial charge is 0.123 e. The highest BCUT2D eigenvalue weighted by Crippen LogP contribution is 2.12. The Balaban J connectivity index is 1.73. The Labute approximate surface area is 124 Å². The molecule has 4 heteroatoms. The van der Waals surface area contributed by atoms with Crippen LogP contribution in [-0.4, -0.2) is 24.4 Å². The van der Waals surface area contributed by atoms with Crippen LogP contribution in [0.4, 0.5) is 10.1 Å². The fourth-order valence-electron chi connectivity index (χ4n) is 1.88. The summed E-state index contributed by atoms with van der Waals surface area (Å²) in [4.78, 5) is 0. The average molecular weight is 289 g/mol. The van der Waals surface area contributed by atoms with E-state index in [1.807, 2.05) is 12.1 Å². The molecule has 21 heavy (non-hydrogen) atoms. The summed E-state index contributed by atoms with van der Waals surface area (Å²) in [5.41, 5.74) is 2.24. The minimum atomic E-state index is -0.638. The van der Waals surface area contributed by atoms with Gasteiger partial charge in [0.25, 0.3) is 0 Å². The lowest BCUT2D eigenvalue weighted by Gasteiger charge is -2.14. The zero-order valence-corrected chi connectivity index (χ0v) is 12.1. The first kappa shape index (κ1) is 15.3. The number of nitrogens with one attached hydrogen (secondary N) is 1. The number of halogens is 1. The summed E-state index contributed by atoms with van der Waals surface area (Å²) in [6.07, 6.45) is 0.370. The van der Waals surface area contributed by atoms with Gasteiger partial charge in [-0.05, 0) is 48.4 Å². The van der Waals surface area contributed by atoms with Gasteiger partial charge in [-0.25, -0.2) is 4.39 Å². The summed E-state index contributed by atoms with van der Waals surface area (Å²) in [6, 6.07) is 13.8. The van der Waals surface area contributed by atoms with Gasteiger partial charge in [0.1, 0.15) is 24.3 Å². The standard InChI is InChI=1S/C17H20FNO2/c1-2-13-3-7-15(8-4-13)19-11-16(20)12-21-17-9-5-14(18)6-10-17/h3-10,16,19-20H,2,11-12H2,1H3. The van der Waals surface area contributed by atoms with Crippen LogP contribution >= 0.6 is 0 Å². The van der Waals surface area contributed by atoms with Crippen molar-refractivity contribution < 1.29 is 14.2 Å². The van der Waals surface area contributed by atoms with Crippen LogP contribution in [0.3, 0.4) is 0 Å². The van der Waals surface area contributed by atoms with Crippen molar-refractivity contribution in [1.29, 1.82) is 0 Å². The van der Waals surface area contributed by atoms with E-state index in [0.717, 1.165) is 12.1 Å². The predicted octanol–water partition coefficient (Wildman–Crippen LogP) is 3.24. The third-order valence-electron chi connectivity index (χ3n) is 3.16. The molecular weight excluding hydrogens is 269 g/mol. The van der Waals surface area contributed by atoms with Gasteiger partial charge in [0.15, 0.2) is 0 Å². The highest BCUT2D eigenvalue weighted by Gasteiger charge is 2.05. The molecule has 3 nitrogen and oxygen atoms in total. The topological polar surface area (TPSA) is 41.5 Å². The number of hydrogen-bond donors (Lipinski definition) is 2. The van der Waals surface area contributed by atoms with E-state index in [2.05, 4.69) is 24.4 Å². The third kappa shape index (κ3) is 5.08. The molecular formula is C17H20FNO2. The Morgan fingerprint density at radius 1 is 1.10 bits per heavy atom. The van der Waals surface area contributed by atoms with Gasteiger partial charge in [-0.15, -0.1) is 0 Å². The fourth-order valence-corrected chi connectivity index (χ4v) is 1.88. The van der Waals surface area contributed by atoms with Crippen molar-refractivity contribution in [1.82, 2.24) is 0 Å². The normalized spacial score (nSPS) is 12.0. The number of ether oxygens (including phenoxy) is 1. The van der Waals surface area contributed by atoms with E-state index < -0.39 is 6.10 Å². The molecule has 1 unspecified atom stereocenters. The van der Waals surface area contributed by atoms with Crippen molar-refractivity contribution in [3.05, 3.63) is 59.9 Å². The Kier molecular flexibility index (Phi) is 5.58. The number of aryl methyl sites for hydroxylation is 1. The quantitative estimate of drug-likeness (QED) is 0.822. The first-order valence-corrected chi connectivity index (χ1v) is 7.06. The number of rotatable bonds is 7. The van der Waals surface area contributed by atoms with Crippen molar-refractivity contribution in [2.75, 3.05) is 18.5 Å². The highest BCUT2D eigenvalue weighted by atomic mass is 19.1. The Bertz CT molecular complexity index is 540. The fraction of sp³-hybridized carbons (Fsp3) is 0.294. The van der Waals surface area contributed by atoms with E-state index in [1.54, 1.807) is 12.1 Å². The van der Waals surface area contributed by atoms with Crippen LogP contribution in [-0.2, 0) is 6.42 Å². The molecule has 0 amide bonds. The van der Waals surface area contributed by atoms with Crippen LogP contribution in [0.25, 0.3) is 0 Å². The summed E-state index contributed by atoms with van der Waals surface area (Å²) in [5.74, 6) is 0.239. The molecule has 0 bridgehead atoms. The molecule has 0 saturated heterocycles. The molecule has 0 aromatic heterocycles. The van der Waals surface area contributed by atoms with Crippen LogP contribution in [0.1, 0.15) is 12.5 Å². The monoisotopic (exact) mass is 289 g/mol. The first-order valence-electron chi connectivity index (χ1n) is 7.06. The first-order chi connectivity index (χ1) is 10.2. The lowest BCUT2D eigenvalue weighted by Crippen LogP contribution is -2.26. The molecule has 2 aromatic carbocycles. The summed E-state index contributed by atoms with van der Waals surface area (Å²) >= 11 is 0. The minimum absolute atomic E-state index is 0.158. The molecule has 0 aliphatic heterocycles. The second kappa shape index (κ2) is 7.64. The molecule has 0 radical (unpaired) electrons. The number of aliphatic hydroxyl groups excluding tert-OH is 1. The lowest BCUT2D eigenvalue weighted by atomic mass is 10.1. The third-order valence-corrected chi connectivity index (χ3v) is 3.16. The van der Waals surface area contributed by atoms with Gasteiger partial charge in [-0.3, -0.25) is 0 Å². The minimum Gasteiger partial charge on any atom is -0.491 e. The number of hydrogen-bond acceptors (Lipinski definition) is 3. The molecule has 0 aliphatic carbocycles. The van der Waals surface area contributed by atoms with E-state index >= 15 is 0 Å². The van der Waals surface area contributed by atoms with E-state index in [9.17, 15) is 9.50 Å². The van der Waals surface area contributed by atoms with Crippen LogP contribution in [0.15, 0.2) is 48.5 Å². The number of benzene rings is 2. The van der Waals surface area contributed by atoms with Crippen LogP contribution in [0, 0.1) is 5.82 Å². The number of anilines is 1. The summed E-state index contributed by atoms with van der Waals surface area (Å²) < 4.78 is 18.1. The van der Waals surface area contributed by atoms with E-state index in [4.69, 9.17) is 4.74 Å². The van der Waals surface area contributed by atoms with Crippen LogP contribution in [0.2, 0.25) is 0 Å². The molecule has 0 heterocycles. The summed E-state index contributed by atoms with van der Waals surface area (Å²) in [5, 5.41) is 13.0. The lowest BCUT2D eigenvalue weighted by molar-refractivity contribution is 0.117. The maximum atomic E-state index is 12.7. The Morgan fingerprint density at radius 2 is 1.76 bits per heavy atom. The Hall–Kier alpha value is -2.07. The zero-order valence-electron chi connectivity index (χ0n) is 12.1. The van der Waals surface area contributed by atoms with E-state index in [-0.39, 0.29) is 12.4 Å². The SMILES string of the molecule is CCc1ccc(NCC(O)COc2ccc(F)cc2)cc1. The molecule has 0 aliphatic rings. The van der Waals surface area contributed by atoms with Crippen molar-refractivity contribution in [2.45, 2.75) is 19.4 Å². The molecule has 1 atom stereocenters. The molecule has 0 fully saturated rings. The molecule has 2 aromatic rings.